The fourth-order valence-corrected chi connectivity index (χ4v) is 0.489. The first-order valence-corrected chi connectivity index (χ1v) is 5.25. The van der Waals surface area contributed by atoms with Crippen LogP contribution >= 0.6 is 0 Å². The molecule has 0 rings (SSSR count). The first-order chi connectivity index (χ1) is 5.92. The van der Waals surface area contributed by atoms with Crippen molar-refractivity contribution in [3.63, 3.8) is 0 Å². The van der Waals surface area contributed by atoms with E-state index in [-0.39, 0.29) is 0 Å². The van der Waals surface area contributed by atoms with E-state index in [0.717, 1.165) is 6.54 Å². The molecular formula is C11H28FN. The Morgan fingerprint density at radius 2 is 1.31 bits per heavy atom. The quantitative estimate of drug-likeness (QED) is 0.660. The molecule has 0 N–H and O–H groups in total. The number of hydrogen-bond acceptors (Lipinski definition) is 1. The first kappa shape index (κ1) is 18.6. The average molecular weight is 193 g/mol. The minimum absolute atomic E-state index is 0.611. The van der Waals surface area contributed by atoms with Crippen LogP contribution in [0.25, 0.3) is 0 Å². The summed E-state index contributed by atoms with van der Waals surface area (Å²) < 4.78 is 12.7. The van der Waals surface area contributed by atoms with Crippen LogP contribution in [0.15, 0.2) is 0 Å². The molecule has 0 aromatic rings. The Hall–Kier alpha value is -0.110. The molecule has 0 aliphatic rings. The molecule has 84 valence electrons. The maximum absolute atomic E-state index is 12.7. The second kappa shape index (κ2) is 11.9. The number of halogens is 1. The molecule has 0 radical (unpaired) electrons. The number of alkyl halides is 1. The van der Waals surface area contributed by atoms with Crippen molar-refractivity contribution in [1.29, 1.82) is 0 Å². The monoisotopic (exact) mass is 193 g/mol. The maximum Gasteiger partial charge on any atom is 0.106 e. The molecule has 0 atom stereocenters. The summed E-state index contributed by atoms with van der Waals surface area (Å²) in [6.07, 6.45) is 0.611. The van der Waals surface area contributed by atoms with Gasteiger partial charge in [-0.3, -0.25) is 0 Å². The highest BCUT2D eigenvalue weighted by molar-refractivity contribution is 4.66. The fraction of sp³-hybridized carbons (Fsp3) is 1.00. The van der Waals surface area contributed by atoms with E-state index in [0.29, 0.717) is 6.42 Å². The molecule has 0 spiro atoms. The summed E-state index contributed by atoms with van der Waals surface area (Å²) in [6, 6.07) is 0. The van der Waals surface area contributed by atoms with Crippen LogP contribution in [0, 0.1) is 0 Å². The number of hydrogen-bond donors (Lipinski definition) is 0. The normalized spacial score (nSPS) is 9.69. The van der Waals surface area contributed by atoms with E-state index < -0.39 is 5.67 Å². The van der Waals surface area contributed by atoms with Crippen molar-refractivity contribution in [1.82, 2.24) is 4.90 Å². The van der Waals surface area contributed by atoms with Crippen molar-refractivity contribution in [3.05, 3.63) is 0 Å². The first-order valence-electron chi connectivity index (χ1n) is 5.25. The van der Waals surface area contributed by atoms with Crippen LogP contribution in [0.4, 0.5) is 4.39 Å². The lowest BCUT2D eigenvalue weighted by Gasteiger charge is -2.16. The summed E-state index contributed by atoms with van der Waals surface area (Å²) in [5.41, 5.74) is -1.01. The zero-order valence-corrected chi connectivity index (χ0v) is 10.7. The van der Waals surface area contributed by atoms with Gasteiger partial charge in [-0.15, -0.1) is 0 Å². The van der Waals surface area contributed by atoms with Crippen LogP contribution in [-0.2, 0) is 0 Å². The summed E-state index contributed by atoms with van der Waals surface area (Å²) in [4.78, 5) is 1.99. The maximum atomic E-state index is 12.7. The Kier molecular flexibility index (Phi) is 17.0. The van der Waals surface area contributed by atoms with Crippen molar-refractivity contribution in [2.24, 2.45) is 0 Å². The van der Waals surface area contributed by atoms with E-state index in [1.807, 2.05) is 46.7 Å². The Morgan fingerprint density at radius 3 is 1.38 bits per heavy atom. The van der Waals surface area contributed by atoms with Crippen molar-refractivity contribution < 1.29 is 4.39 Å². The molecule has 0 aromatic carbocycles. The van der Waals surface area contributed by atoms with Crippen LogP contribution in [-0.4, -0.2) is 31.2 Å². The smallest absolute Gasteiger partial charge is 0.106 e. The summed E-state index contributed by atoms with van der Waals surface area (Å²) in [6.45, 7) is 12.0. The molecule has 2 heteroatoms. The zero-order chi connectivity index (χ0) is 11.5. The van der Waals surface area contributed by atoms with Crippen molar-refractivity contribution in [2.75, 3.05) is 20.6 Å². The van der Waals surface area contributed by atoms with Crippen LogP contribution in [0.1, 0.15) is 48.0 Å². The summed E-state index contributed by atoms with van der Waals surface area (Å²) in [7, 11) is 3.90. The van der Waals surface area contributed by atoms with Gasteiger partial charge < -0.3 is 4.90 Å². The lowest BCUT2D eigenvalue weighted by Crippen LogP contribution is -2.22. The predicted octanol–water partition coefficient (Wildman–Crippen LogP) is 3.74. The molecule has 1 nitrogen and oxygen atoms in total. The van der Waals surface area contributed by atoms with Gasteiger partial charge in [0.15, 0.2) is 0 Å². The van der Waals surface area contributed by atoms with Crippen LogP contribution in [0.3, 0.4) is 0 Å². The molecule has 0 aliphatic carbocycles. The van der Waals surface area contributed by atoms with Gasteiger partial charge in [0, 0.05) is 6.54 Å². The highest BCUT2D eigenvalue weighted by atomic mass is 19.1. The van der Waals surface area contributed by atoms with E-state index in [1.54, 1.807) is 13.8 Å². The van der Waals surface area contributed by atoms with Gasteiger partial charge >= 0.3 is 0 Å². The third-order valence-electron chi connectivity index (χ3n) is 1.15. The molecule has 0 unspecified atom stereocenters. The van der Waals surface area contributed by atoms with Gasteiger partial charge in [0.25, 0.3) is 0 Å². The van der Waals surface area contributed by atoms with Crippen LogP contribution < -0.4 is 0 Å². The van der Waals surface area contributed by atoms with Crippen molar-refractivity contribution in [2.45, 2.75) is 53.6 Å². The summed E-state index contributed by atoms with van der Waals surface area (Å²) in [5, 5.41) is 0. The van der Waals surface area contributed by atoms with Gasteiger partial charge in [-0.05, 0) is 34.4 Å². The predicted molar refractivity (Wildman–Crippen MR) is 61.1 cm³/mol. The van der Waals surface area contributed by atoms with Gasteiger partial charge in [0.2, 0.25) is 0 Å². The molecule has 0 aromatic heterocycles. The molecule has 0 fully saturated rings. The lowest BCUT2D eigenvalue weighted by molar-refractivity contribution is 0.181. The van der Waals surface area contributed by atoms with E-state index in [1.165, 1.54) is 0 Å². The van der Waals surface area contributed by atoms with Crippen molar-refractivity contribution in [3.8, 4) is 0 Å². The van der Waals surface area contributed by atoms with E-state index >= 15 is 0 Å². The standard InChI is InChI=1S/C7H16FN.2C2H6/c1-7(2,8)5-6-9(3)4;2*1-2/h5-6H2,1-4H3;2*1-2H3. The summed E-state index contributed by atoms with van der Waals surface area (Å²) >= 11 is 0. The highest BCUT2D eigenvalue weighted by Crippen LogP contribution is 2.12. The average Bonchev–Trinajstić information content (AvgIpc) is 2.07. The second-order valence-corrected chi connectivity index (χ2v) is 3.27. The minimum atomic E-state index is -1.01. The van der Waals surface area contributed by atoms with E-state index in [9.17, 15) is 4.39 Å². The Balaban J connectivity index is -0.000000218. The van der Waals surface area contributed by atoms with Crippen molar-refractivity contribution >= 4 is 0 Å². The molecular weight excluding hydrogens is 165 g/mol. The summed E-state index contributed by atoms with van der Waals surface area (Å²) in [5.74, 6) is 0. The Bertz CT molecular complexity index is 74.6. The molecule has 0 bridgehead atoms. The van der Waals surface area contributed by atoms with Gasteiger partial charge in [-0.1, -0.05) is 27.7 Å². The van der Waals surface area contributed by atoms with Crippen LogP contribution in [0.5, 0.6) is 0 Å². The molecule has 13 heavy (non-hydrogen) atoms. The molecule has 0 aliphatic heterocycles. The molecule has 0 heterocycles. The van der Waals surface area contributed by atoms with Gasteiger partial charge in [0.05, 0.1) is 0 Å². The van der Waals surface area contributed by atoms with Gasteiger partial charge in [0.1, 0.15) is 5.67 Å². The Labute approximate surface area is 84.3 Å². The SMILES string of the molecule is CC.CC.CN(C)CCC(C)(C)F. The molecule has 0 saturated carbocycles. The zero-order valence-electron chi connectivity index (χ0n) is 10.7. The fourth-order valence-electron chi connectivity index (χ4n) is 0.489. The third-order valence-corrected chi connectivity index (χ3v) is 1.15. The second-order valence-electron chi connectivity index (χ2n) is 3.27. The van der Waals surface area contributed by atoms with E-state index in [4.69, 9.17) is 0 Å². The topological polar surface area (TPSA) is 3.24 Å². The Morgan fingerprint density at radius 1 is 1.00 bits per heavy atom. The van der Waals surface area contributed by atoms with Gasteiger partial charge in [-0.25, -0.2) is 4.39 Å². The lowest BCUT2D eigenvalue weighted by atomic mass is 10.1. The van der Waals surface area contributed by atoms with E-state index in [2.05, 4.69) is 0 Å². The molecule has 0 amide bonds. The minimum Gasteiger partial charge on any atom is -0.309 e. The molecule has 0 saturated heterocycles. The van der Waals surface area contributed by atoms with Crippen LogP contribution in [0.2, 0.25) is 0 Å². The van der Waals surface area contributed by atoms with Gasteiger partial charge in [-0.2, -0.15) is 0 Å². The third kappa shape index (κ3) is 33.5. The largest absolute Gasteiger partial charge is 0.309 e. The number of rotatable bonds is 3. The highest BCUT2D eigenvalue weighted by Gasteiger charge is 2.14. The number of nitrogens with zero attached hydrogens (tertiary/aromatic N) is 1.